The smallest absolute Gasteiger partial charge is 0.328 e. The molecule has 0 bridgehead atoms. The minimum atomic E-state index is 0.0694. The van der Waals surface area contributed by atoms with Gasteiger partial charge in [-0.25, -0.2) is 4.98 Å². The van der Waals surface area contributed by atoms with Gasteiger partial charge in [0.25, 0.3) is 0 Å². The Morgan fingerprint density at radius 1 is 1.24 bits per heavy atom. The van der Waals surface area contributed by atoms with Crippen molar-refractivity contribution in [3.63, 3.8) is 0 Å². The number of rotatable bonds is 4. The Morgan fingerprint density at radius 2 is 2.10 bits per heavy atom. The van der Waals surface area contributed by atoms with Crippen molar-refractivity contribution in [3.8, 4) is 17.7 Å². The van der Waals surface area contributed by atoms with Crippen molar-refractivity contribution < 1.29 is 4.74 Å². The van der Waals surface area contributed by atoms with Crippen LogP contribution in [0, 0.1) is 0 Å². The molecule has 3 aromatic heterocycles. The van der Waals surface area contributed by atoms with Gasteiger partial charge in [0.15, 0.2) is 5.75 Å². The predicted molar refractivity (Wildman–Crippen MR) is 74.0 cm³/mol. The summed E-state index contributed by atoms with van der Waals surface area (Å²) in [4.78, 5) is 16.1. The highest BCUT2D eigenvalue weighted by Crippen LogP contribution is 2.19. The molecule has 3 rings (SSSR count). The van der Waals surface area contributed by atoms with Gasteiger partial charge in [0.2, 0.25) is 11.9 Å². The number of nitrogen functional groups attached to an aromatic ring is 1. The standard InChI is InChI=1S/C12H14N8O/c1-8(2)20-6-9(5-15-20)21-12-17-10(13)16-11(18-12)19-4-3-14-7-19/h3-8H,1-2H3,(H2,13,16,17,18). The number of nitrogens with zero attached hydrogens (tertiary/aromatic N) is 7. The number of imidazole rings is 1. The molecule has 0 saturated carbocycles. The Balaban J connectivity index is 1.88. The van der Waals surface area contributed by atoms with Gasteiger partial charge < -0.3 is 10.5 Å². The molecular formula is C12H14N8O. The van der Waals surface area contributed by atoms with Crippen LogP contribution in [0.3, 0.4) is 0 Å². The second kappa shape index (κ2) is 5.19. The fourth-order valence-electron chi connectivity index (χ4n) is 1.66. The van der Waals surface area contributed by atoms with Gasteiger partial charge >= 0.3 is 6.01 Å². The molecule has 0 amide bonds. The van der Waals surface area contributed by atoms with Crippen LogP contribution >= 0.6 is 0 Å². The van der Waals surface area contributed by atoms with Gasteiger partial charge in [-0.15, -0.1) is 0 Å². The third kappa shape index (κ3) is 2.81. The Morgan fingerprint density at radius 3 is 2.76 bits per heavy atom. The molecule has 0 aromatic carbocycles. The minimum Gasteiger partial charge on any atom is -0.421 e. The first-order valence-electron chi connectivity index (χ1n) is 6.33. The summed E-state index contributed by atoms with van der Waals surface area (Å²) in [6.45, 7) is 4.05. The lowest BCUT2D eigenvalue weighted by atomic mass is 10.4. The zero-order chi connectivity index (χ0) is 14.8. The third-order valence-electron chi connectivity index (χ3n) is 2.67. The average Bonchev–Trinajstić information content (AvgIpc) is 3.08. The third-order valence-corrected chi connectivity index (χ3v) is 2.67. The number of hydrogen-bond acceptors (Lipinski definition) is 7. The maximum Gasteiger partial charge on any atom is 0.328 e. The van der Waals surface area contributed by atoms with Crippen LogP contribution in [0.1, 0.15) is 19.9 Å². The molecule has 3 aromatic rings. The highest BCUT2D eigenvalue weighted by molar-refractivity contribution is 5.27. The van der Waals surface area contributed by atoms with Gasteiger partial charge in [-0.2, -0.15) is 20.1 Å². The van der Waals surface area contributed by atoms with E-state index in [9.17, 15) is 0 Å². The number of ether oxygens (including phenoxy) is 1. The van der Waals surface area contributed by atoms with Crippen molar-refractivity contribution >= 4 is 5.95 Å². The Hall–Kier alpha value is -2.97. The molecule has 0 unspecified atom stereocenters. The highest BCUT2D eigenvalue weighted by atomic mass is 16.5. The molecule has 0 aliphatic heterocycles. The molecule has 9 heteroatoms. The van der Waals surface area contributed by atoms with E-state index in [-0.39, 0.29) is 18.0 Å². The van der Waals surface area contributed by atoms with E-state index in [4.69, 9.17) is 10.5 Å². The Kier molecular flexibility index (Phi) is 3.22. The van der Waals surface area contributed by atoms with E-state index >= 15 is 0 Å². The van der Waals surface area contributed by atoms with E-state index in [1.807, 2.05) is 13.8 Å². The number of hydrogen-bond donors (Lipinski definition) is 1. The van der Waals surface area contributed by atoms with Crippen molar-refractivity contribution in [2.24, 2.45) is 0 Å². The molecule has 0 atom stereocenters. The van der Waals surface area contributed by atoms with Crippen LogP contribution in [-0.4, -0.2) is 34.3 Å². The molecule has 0 radical (unpaired) electrons. The molecule has 0 aliphatic rings. The van der Waals surface area contributed by atoms with Crippen molar-refractivity contribution in [3.05, 3.63) is 31.1 Å². The fraction of sp³-hybridized carbons (Fsp3) is 0.250. The fourth-order valence-corrected chi connectivity index (χ4v) is 1.66. The Labute approximate surface area is 120 Å². The lowest BCUT2D eigenvalue weighted by Crippen LogP contribution is -2.06. The van der Waals surface area contributed by atoms with E-state index in [0.717, 1.165) is 0 Å². The van der Waals surface area contributed by atoms with Crippen molar-refractivity contribution in [1.82, 2.24) is 34.3 Å². The molecule has 0 aliphatic carbocycles. The summed E-state index contributed by atoms with van der Waals surface area (Å²) in [5.41, 5.74) is 5.68. The largest absolute Gasteiger partial charge is 0.421 e. The van der Waals surface area contributed by atoms with E-state index in [1.165, 1.54) is 0 Å². The summed E-state index contributed by atoms with van der Waals surface area (Å²) < 4.78 is 8.96. The van der Waals surface area contributed by atoms with Crippen molar-refractivity contribution in [1.29, 1.82) is 0 Å². The molecule has 9 nitrogen and oxygen atoms in total. The molecule has 0 saturated heterocycles. The second-order valence-corrected chi connectivity index (χ2v) is 4.60. The van der Waals surface area contributed by atoms with E-state index in [2.05, 4.69) is 25.0 Å². The number of anilines is 1. The van der Waals surface area contributed by atoms with Crippen LogP contribution in [-0.2, 0) is 0 Å². The second-order valence-electron chi connectivity index (χ2n) is 4.60. The Bertz CT molecular complexity index is 734. The summed E-state index contributed by atoms with van der Waals surface area (Å²) >= 11 is 0. The lowest BCUT2D eigenvalue weighted by molar-refractivity contribution is 0.436. The molecule has 0 fully saturated rings. The summed E-state index contributed by atoms with van der Waals surface area (Å²) in [7, 11) is 0. The molecule has 21 heavy (non-hydrogen) atoms. The van der Waals surface area contributed by atoms with Crippen LogP contribution < -0.4 is 10.5 Å². The average molecular weight is 286 g/mol. The van der Waals surface area contributed by atoms with Gasteiger partial charge in [0.1, 0.15) is 6.33 Å². The minimum absolute atomic E-state index is 0.0694. The van der Waals surface area contributed by atoms with Crippen LogP contribution in [0.25, 0.3) is 5.95 Å². The molecule has 0 spiro atoms. The highest BCUT2D eigenvalue weighted by Gasteiger charge is 2.10. The van der Waals surface area contributed by atoms with Crippen molar-refractivity contribution in [2.75, 3.05) is 5.73 Å². The molecular weight excluding hydrogens is 272 g/mol. The zero-order valence-electron chi connectivity index (χ0n) is 11.6. The normalized spacial score (nSPS) is 11.0. The maximum absolute atomic E-state index is 5.68. The van der Waals surface area contributed by atoms with Crippen LogP contribution in [0.2, 0.25) is 0 Å². The van der Waals surface area contributed by atoms with Crippen molar-refractivity contribution in [2.45, 2.75) is 19.9 Å². The SMILES string of the molecule is CC(C)n1cc(Oc2nc(N)nc(-n3ccnc3)n2)cn1. The van der Waals surface area contributed by atoms with E-state index in [0.29, 0.717) is 11.7 Å². The summed E-state index contributed by atoms with van der Waals surface area (Å²) in [5, 5.41) is 4.18. The van der Waals surface area contributed by atoms with Crippen LogP contribution in [0.4, 0.5) is 5.95 Å². The zero-order valence-corrected chi connectivity index (χ0v) is 11.6. The summed E-state index contributed by atoms with van der Waals surface area (Å²) in [6.07, 6.45) is 8.25. The summed E-state index contributed by atoms with van der Waals surface area (Å²) in [5.74, 6) is 0.942. The summed E-state index contributed by atoms with van der Waals surface area (Å²) in [6, 6.07) is 0.349. The van der Waals surface area contributed by atoms with Gasteiger partial charge in [-0.05, 0) is 13.8 Å². The number of aromatic nitrogens is 7. The topological polar surface area (TPSA) is 110 Å². The first-order chi connectivity index (χ1) is 10.1. The maximum atomic E-state index is 5.68. The number of nitrogens with two attached hydrogens (primary N) is 1. The van der Waals surface area contributed by atoms with E-state index in [1.54, 1.807) is 40.4 Å². The van der Waals surface area contributed by atoms with Gasteiger partial charge in [0.05, 0.1) is 12.4 Å². The van der Waals surface area contributed by atoms with Gasteiger partial charge in [-0.1, -0.05) is 0 Å². The molecule has 3 heterocycles. The first-order valence-corrected chi connectivity index (χ1v) is 6.33. The van der Waals surface area contributed by atoms with Crippen LogP contribution in [0.5, 0.6) is 11.8 Å². The van der Waals surface area contributed by atoms with Gasteiger partial charge in [0, 0.05) is 18.4 Å². The molecule has 2 N–H and O–H groups in total. The van der Waals surface area contributed by atoms with E-state index < -0.39 is 0 Å². The van der Waals surface area contributed by atoms with Crippen LogP contribution in [0.15, 0.2) is 31.1 Å². The monoisotopic (exact) mass is 286 g/mol. The first kappa shape index (κ1) is 13.0. The molecule has 108 valence electrons. The van der Waals surface area contributed by atoms with Gasteiger partial charge in [-0.3, -0.25) is 9.25 Å². The lowest BCUT2D eigenvalue weighted by Gasteiger charge is -2.05. The predicted octanol–water partition coefficient (Wildman–Crippen LogP) is 1.21. The quantitative estimate of drug-likeness (QED) is 0.767.